The SMILES string of the molecule is Cc1nc(C2CCN(CC3CC3)CC2)nc2c1CCC(=O)N2Cc1ccc(F)cc1. The van der Waals surface area contributed by atoms with Gasteiger partial charge in [0, 0.05) is 30.1 Å². The number of hydrogen-bond acceptors (Lipinski definition) is 4. The Hall–Kier alpha value is -2.34. The third kappa shape index (κ3) is 4.10. The van der Waals surface area contributed by atoms with Crippen LogP contribution in [0.3, 0.4) is 0 Å². The van der Waals surface area contributed by atoms with Gasteiger partial charge in [-0.1, -0.05) is 12.1 Å². The molecule has 3 heterocycles. The number of benzene rings is 1. The number of amides is 1. The number of aromatic nitrogens is 2. The summed E-state index contributed by atoms with van der Waals surface area (Å²) in [6.45, 7) is 5.93. The zero-order chi connectivity index (χ0) is 20.7. The van der Waals surface area contributed by atoms with Crippen LogP contribution in [-0.4, -0.2) is 40.4 Å². The van der Waals surface area contributed by atoms with Crippen LogP contribution in [0.25, 0.3) is 0 Å². The first-order chi connectivity index (χ1) is 14.6. The average Bonchev–Trinajstić information content (AvgIpc) is 3.56. The van der Waals surface area contributed by atoms with Crippen molar-refractivity contribution in [3.8, 4) is 0 Å². The van der Waals surface area contributed by atoms with Crippen LogP contribution in [0.4, 0.5) is 10.2 Å². The molecule has 1 saturated carbocycles. The maximum Gasteiger partial charge on any atom is 0.228 e. The summed E-state index contributed by atoms with van der Waals surface area (Å²) in [7, 11) is 0. The normalized spacial score (nSPS) is 20.5. The molecule has 0 atom stereocenters. The van der Waals surface area contributed by atoms with Crippen LogP contribution in [0.5, 0.6) is 0 Å². The van der Waals surface area contributed by atoms with Crippen molar-refractivity contribution in [3.63, 3.8) is 0 Å². The maximum atomic E-state index is 13.3. The smallest absolute Gasteiger partial charge is 0.228 e. The zero-order valence-electron chi connectivity index (χ0n) is 17.6. The first-order valence-electron chi connectivity index (χ1n) is 11.2. The van der Waals surface area contributed by atoms with Crippen molar-refractivity contribution in [1.82, 2.24) is 14.9 Å². The molecule has 3 aliphatic rings. The lowest BCUT2D eigenvalue weighted by atomic mass is 9.94. The van der Waals surface area contributed by atoms with Gasteiger partial charge in [0.25, 0.3) is 0 Å². The molecule has 1 aliphatic carbocycles. The van der Waals surface area contributed by atoms with E-state index in [0.29, 0.717) is 25.3 Å². The van der Waals surface area contributed by atoms with E-state index in [2.05, 4.69) is 4.90 Å². The van der Waals surface area contributed by atoms with Crippen LogP contribution in [0, 0.1) is 18.7 Å². The number of nitrogens with zero attached hydrogens (tertiary/aromatic N) is 4. The van der Waals surface area contributed by atoms with E-state index in [9.17, 15) is 9.18 Å². The van der Waals surface area contributed by atoms with E-state index < -0.39 is 0 Å². The van der Waals surface area contributed by atoms with E-state index in [4.69, 9.17) is 9.97 Å². The van der Waals surface area contributed by atoms with Gasteiger partial charge in [-0.25, -0.2) is 14.4 Å². The predicted octanol–water partition coefficient (Wildman–Crippen LogP) is 3.99. The van der Waals surface area contributed by atoms with Crippen LogP contribution in [0.2, 0.25) is 0 Å². The van der Waals surface area contributed by atoms with E-state index in [1.807, 2.05) is 6.92 Å². The molecule has 5 nitrogen and oxygen atoms in total. The Morgan fingerprint density at radius 3 is 2.47 bits per heavy atom. The van der Waals surface area contributed by atoms with Crippen molar-refractivity contribution in [2.75, 3.05) is 24.5 Å². The molecule has 0 radical (unpaired) electrons. The molecule has 6 heteroatoms. The Balaban J connectivity index is 1.38. The van der Waals surface area contributed by atoms with E-state index in [0.717, 1.165) is 60.3 Å². The minimum absolute atomic E-state index is 0.0788. The lowest BCUT2D eigenvalue weighted by molar-refractivity contribution is -0.119. The van der Waals surface area contributed by atoms with Crippen LogP contribution in [-0.2, 0) is 17.8 Å². The van der Waals surface area contributed by atoms with Crippen molar-refractivity contribution in [1.29, 1.82) is 0 Å². The molecular formula is C24H29FN4O. The van der Waals surface area contributed by atoms with Gasteiger partial charge in [0.1, 0.15) is 17.5 Å². The number of hydrogen-bond donors (Lipinski definition) is 0. The van der Waals surface area contributed by atoms with E-state index in [-0.39, 0.29) is 11.7 Å². The number of anilines is 1. The second kappa shape index (κ2) is 8.06. The van der Waals surface area contributed by atoms with Crippen molar-refractivity contribution in [2.24, 2.45) is 5.92 Å². The molecule has 0 bridgehead atoms. The number of aryl methyl sites for hydroxylation is 1. The number of rotatable bonds is 5. The summed E-state index contributed by atoms with van der Waals surface area (Å²) < 4.78 is 13.3. The van der Waals surface area contributed by atoms with Gasteiger partial charge >= 0.3 is 0 Å². The Morgan fingerprint density at radius 2 is 1.77 bits per heavy atom. The number of carbonyl (C=O) groups excluding carboxylic acids is 1. The lowest BCUT2D eigenvalue weighted by Crippen LogP contribution is -2.37. The molecule has 30 heavy (non-hydrogen) atoms. The molecule has 5 rings (SSSR count). The van der Waals surface area contributed by atoms with Crippen molar-refractivity contribution >= 4 is 11.7 Å². The van der Waals surface area contributed by atoms with Gasteiger partial charge in [0.2, 0.25) is 5.91 Å². The number of carbonyl (C=O) groups is 1. The third-order valence-electron chi connectivity index (χ3n) is 6.77. The average molecular weight is 409 g/mol. The molecule has 2 aromatic rings. The summed E-state index contributed by atoms with van der Waals surface area (Å²) in [4.78, 5) is 26.9. The fraction of sp³-hybridized carbons (Fsp3) is 0.542. The van der Waals surface area contributed by atoms with E-state index in [1.54, 1.807) is 17.0 Å². The second-order valence-electron chi connectivity index (χ2n) is 9.09. The molecule has 2 aliphatic heterocycles. The Bertz CT molecular complexity index is 933. The highest BCUT2D eigenvalue weighted by Crippen LogP contribution is 2.35. The minimum atomic E-state index is -0.266. The van der Waals surface area contributed by atoms with Gasteiger partial charge in [0.15, 0.2) is 0 Å². The summed E-state index contributed by atoms with van der Waals surface area (Å²) in [5, 5.41) is 0. The molecule has 1 amide bonds. The maximum absolute atomic E-state index is 13.3. The highest BCUT2D eigenvalue weighted by molar-refractivity contribution is 5.95. The van der Waals surface area contributed by atoms with E-state index in [1.165, 1.54) is 31.5 Å². The molecule has 0 N–H and O–H groups in total. The number of likely N-dealkylation sites (tertiary alicyclic amines) is 1. The van der Waals surface area contributed by atoms with E-state index >= 15 is 0 Å². The van der Waals surface area contributed by atoms with Crippen LogP contribution in [0.1, 0.15) is 60.7 Å². The monoisotopic (exact) mass is 408 g/mol. The first kappa shape index (κ1) is 19.6. The van der Waals surface area contributed by atoms with Crippen LogP contribution < -0.4 is 4.90 Å². The molecule has 1 aromatic carbocycles. The van der Waals surface area contributed by atoms with Crippen LogP contribution in [0.15, 0.2) is 24.3 Å². The molecular weight excluding hydrogens is 379 g/mol. The fourth-order valence-electron chi connectivity index (χ4n) is 4.76. The van der Waals surface area contributed by atoms with Gasteiger partial charge in [-0.05, 0) is 75.7 Å². The predicted molar refractivity (Wildman–Crippen MR) is 114 cm³/mol. The Morgan fingerprint density at radius 1 is 1.03 bits per heavy atom. The summed E-state index contributed by atoms with van der Waals surface area (Å²) in [5.41, 5.74) is 2.97. The van der Waals surface area contributed by atoms with Crippen molar-refractivity contribution in [2.45, 2.75) is 57.9 Å². The lowest BCUT2D eigenvalue weighted by Gasteiger charge is -2.33. The standard InChI is InChI=1S/C24H29FN4O/c1-16-21-8-9-22(30)29(15-18-4-6-20(25)7-5-18)24(21)27-23(26-16)19-10-12-28(13-11-19)14-17-2-3-17/h4-7,17,19H,2-3,8-15H2,1H3. The molecule has 2 fully saturated rings. The highest BCUT2D eigenvalue weighted by Gasteiger charge is 2.32. The molecule has 0 unspecified atom stereocenters. The third-order valence-corrected chi connectivity index (χ3v) is 6.77. The van der Waals surface area contributed by atoms with Crippen molar-refractivity contribution < 1.29 is 9.18 Å². The summed E-state index contributed by atoms with van der Waals surface area (Å²) in [5.74, 6) is 2.74. The number of fused-ring (bicyclic) bond motifs is 1. The van der Waals surface area contributed by atoms with Gasteiger partial charge in [-0.3, -0.25) is 9.69 Å². The summed E-state index contributed by atoms with van der Waals surface area (Å²) in [6, 6.07) is 6.36. The molecule has 1 saturated heterocycles. The number of piperidine rings is 1. The van der Waals surface area contributed by atoms with Gasteiger partial charge in [0.05, 0.1) is 6.54 Å². The molecule has 0 spiro atoms. The zero-order valence-corrected chi connectivity index (χ0v) is 17.6. The fourth-order valence-corrected chi connectivity index (χ4v) is 4.76. The second-order valence-corrected chi connectivity index (χ2v) is 9.09. The first-order valence-corrected chi connectivity index (χ1v) is 11.2. The van der Waals surface area contributed by atoms with Gasteiger partial charge < -0.3 is 4.90 Å². The summed E-state index contributed by atoms with van der Waals surface area (Å²) >= 11 is 0. The number of halogens is 1. The molecule has 1 aromatic heterocycles. The Kier molecular flexibility index (Phi) is 5.27. The quantitative estimate of drug-likeness (QED) is 0.751. The highest BCUT2D eigenvalue weighted by atomic mass is 19.1. The van der Waals surface area contributed by atoms with Crippen LogP contribution >= 0.6 is 0 Å². The minimum Gasteiger partial charge on any atom is -0.303 e. The largest absolute Gasteiger partial charge is 0.303 e. The Labute approximate surface area is 177 Å². The molecule has 158 valence electrons. The summed E-state index contributed by atoms with van der Waals surface area (Å²) in [6.07, 6.45) is 6.11. The topological polar surface area (TPSA) is 49.3 Å². The van der Waals surface area contributed by atoms with Gasteiger partial charge in [-0.2, -0.15) is 0 Å². The van der Waals surface area contributed by atoms with Crippen molar-refractivity contribution in [3.05, 3.63) is 52.7 Å². The van der Waals surface area contributed by atoms with Gasteiger partial charge in [-0.15, -0.1) is 0 Å².